The van der Waals surface area contributed by atoms with Gasteiger partial charge in [0.2, 0.25) is 5.91 Å². The number of benzene rings is 1. The lowest BCUT2D eigenvalue weighted by atomic mass is 9.94. The number of likely N-dealkylation sites (tertiary alicyclic amines) is 1. The molecule has 3 rings (SSSR count). The standard InChI is InChI=1S/C20H30N2O3/c1-15-12-22(13-16(2)25-15)20(23)17-8-10-21(11-9-17)14-18-6-4-5-7-19(18)24-3/h4-7,15-17H,8-14H2,1-3H3/t15-,16+. The number of ether oxygens (including phenoxy) is 2. The van der Waals surface area contributed by atoms with Gasteiger partial charge in [-0.2, -0.15) is 0 Å². The van der Waals surface area contributed by atoms with Gasteiger partial charge in [-0.1, -0.05) is 18.2 Å². The van der Waals surface area contributed by atoms with Crippen molar-refractivity contribution in [1.82, 2.24) is 9.80 Å². The van der Waals surface area contributed by atoms with E-state index in [1.54, 1.807) is 7.11 Å². The fourth-order valence-electron chi connectivity index (χ4n) is 4.03. The van der Waals surface area contributed by atoms with Crippen molar-refractivity contribution in [2.75, 3.05) is 33.3 Å². The average Bonchev–Trinajstić information content (AvgIpc) is 2.61. The van der Waals surface area contributed by atoms with Gasteiger partial charge in [-0.15, -0.1) is 0 Å². The van der Waals surface area contributed by atoms with Gasteiger partial charge in [-0.25, -0.2) is 0 Å². The van der Waals surface area contributed by atoms with Gasteiger partial charge >= 0.3 is 0 Å². The zero-order valence-corrected chi connectivity index (χ0v) is 15.6. The summed E-state index contributed by atoms with van der Waals surface area (Å²) in [5, 5.41) is 0. The lowest BCUT2D eigenvalue weighted by Gasteiger charge is -2.39. The van der Waals surface area contributed by atoms with Crippen molar-refractivity contribution in [1.29, 1.82) is 0 Å². The van der Waals surface area contributed by atoms with Gasteiger partial charge in [0.05, 0.1) is 19.3 Å². The summed E-state index contributed by atoms with van der Waals surface area (Å²) in [6, 6.07) is 8.17. The van der Waals surface area contributed by atoms with Crippen molar-refractivity contribution in [3.63, 3.8) is 0 Å². The molecule has 2 saturated heterocycles. The van der Waals surface area contributed by atoms with E-state index < -0.39 is 0 Å². The molecule has 1 amide bonds. The van der Waals surface area contributed by atoms with E-state index in [0.29, 0.717) is 5.91 Å². The largest absolute Gasteiger partial charge is 0.496 e. The molecule has 138 valence electrons. The molecule has 2 aliphatic rings. The van der Waals surface area contributed by atoms with E-state index in [1.165, 1.54) is 5.56 Å². The first kappa shape index (κ1) is 18.2. The maximum atomic E-state index is 12.8. The molecular weight excluding hydrogens is 316 g/mol. The van der Waals surface area contributed by atoms with E-state index in [-0.39, 0.29) is 18.1 Å². The second-order valence-electron chi connectivity index (χ2n) is 7.36. The summed E-state index contributed by atoms with van der Waals surface area (Å²) in [4.78, 5) is 17.3. The Kier molecular flexibility index (Phi) is 5.97. The molecule has 2 heterocycles. The van der Waals surface area contributed by atoms with Crippen molar-refractivity contribution >= 4 is 5.91 Å². The summed E-state index contributed by atoms with van der Waals surface area (Å²) in [7, 11) is 1.72. The Morgan fingerprint density at radius 3 is 2.44 bits per heavy atom. The van der Waals surface area contributed by atoms with E-state index >= 15 is 0 Å². The number of carbonyl (C=O) groups excluding carboxylic acids is 1. The monoisotopic (exact) mass is 346 g/mol. The Morgan fingerprint density at radius 1 is 1.16 bits per heavy atom. The summed E-state index contributed by atoms with van der Waals surface area (Å²) in [6.07, 6.45) is 2.15. The summed E-state index contributed by atoms with van der Waals surface area (Å²) in [5.74, 6) is 1.42. The van der Waals surface area contributed by atoms with E-state index in [1.807, 2.05) is 30.9 Å². The van der Waals surface area contributed by atoms with Crippen LogP contribution < -0.4 is 4.74 Å². The van der Waals surface area contributed by atoms with Crippen molar-refractivity contribution in [2.45, 2.75) is 45.4 Å². The molecular formula is C20H30N2O3. The number of para-hydroxylation sites is 1. The van der Waals surface area contributed by atoms with Crippen LogP contribution in [0.4, 0.5) is 0 Å². The number of rotatable bonds is 4. The summed E-state index contributed by atoms with van der Waals surface area (Å²) in [6.45, 7) is 8.36. The second kappa shape index (κ2) is 8.19. The third-order valence-electron chi connectivity index (χ3n) is 5.25. The number of morpholine rings is 1. The summed E-state index contributed by atoms with van der Waals surface area (Å²) in [5.41, 5.74) is 1.21. The predicted octanol–water partition coefficient (Wildman–Crippen LogP) is 2.54. The molecule has 0 N–H and O–H groups in total. The molecule has 25 heavy (non-hydrogen) atoms. The SMILES string of the molecule is COc1ccccc1CN1CCC(C(=O)N2C[C@@H](C)O[C@@H](C)C2)CC1. The highest BCUT2D eigenvalue weighted by Gasteiger charge is 2.32. The number of nitrogens with zero attached hydrogens (tertiary/aromatic N) is 2. The maximum Gasteiger partial charge on any atom is 0.225 e. The van der Waals surface area contributed by atoms with Crippen molar-refractivity contribution in [3.05, 3.63) is 29.8 Å². The first-order valence-electron chi connectivity index (χ1n) is 9.35. The fraction of sp³-hybridized carbons (Fsp3) is 0.650. The van der Waals surface area contributed by atoms with Crippen molar-refractivity contribution in [2.24, 2.45) is 5.92 Å². The van der Waals surface area contributed by atoms with Crippen LogP contribution in [-0.2, 0) is 16.1 Å². The Balaban J connectivity index is 1.52. The van der Waals surface area contributed by atoms with Crippen LogP contribution in [0.3, 0.4) is 0 Å². The minimum absolute atomic E-state index is 0.137. The Morgan fingerprint density at radius 2 is 1.80 bits per heavy atom. The van der Waals surface area contributed by atoms with Gasteiger partial charge in [0, 0.05) is 31.1 Å². The molecule has 5 heteroatoms. The minimum atomic E-state index is 0.137. The van der Waals surface area contributed by atoms with Crippen LogP contribution in [-0.4, -0.2) is 61.2 Å². The van der Waals surface area contributed by atoms with Crippen LogP contribution in [0.15, 0.2) is 24.3 Å². The molecule has 2 fully saturated rings. The molecule has 2 atom stereocenters. The Labute approximate surface area is 150 Å². The topological polar surface area (TPSA) is 42.0 Å². The molecule has 0 bridgehead atoms. The van der Waals surface area contributed by atoms with Crippen molar-refractivity contribution in [3.8, 4) is 5.75 Å². The van der Waals surface area contributed by atoms with Crippen LogP contribution in [0.5, 0.6) is 5.75 Å². The lowest BCUT2D eigenvalue weighted by molar-refractivity contribution is -0.148. The highest BCUT2D eigenvalue weighted by molar-refractivity contribution is 5.79. The summed E-state index contributed by atoms with van der Waals surface area (Å²) >= 11 is 0. The molecule has 2 aliphatic heterocycles. The highest BCUT2D eigenvalue weighted by atomic mass is 16.5. The number of piperidine rings is 1. The second-order valence-corrected chi connectivity index (χ2v) is 7.36. The first-order chi connectivity index (χ1) is 12.1. The molecule has 0 radical (unpaired) electrons. The molecule has 0 aromatic heterocycles. The third-order valence-corrected chi connectivity index (χ3v) is 5.25. The quantitative estimate of drug-likeness (QED) is 0.840. The molecule has 0 aliphatic carbocycles. The number of hydrogen-bond acceptors (Lipinski definition) is 4. The number of methoxy groups -OCH3 is 1. The van der Waals surface area contributed by atoms with Crippen LogP contribution in [0.25, 0.3) is 0 Å². The van der Waals surface area contributed by atoms with E-state index in [9.17, 15) is 4.79 Å². The minimum Gasteiger partial charge on any atom is -0.496 e. The smallest absolute Gasteiger partial charge is 0.225 e. The van der Waals surface area contributed by atoms with Gasteiger partial charge in [-0.3, -0.25) is 9.69 Å². The number of amides is 1. The van der Waals surface area contributed by atoms with E-state index in [4.69, 9.17) is 9.47 Å². The molecule has 0 saturated carbocycles. The first-order valence-corrected chi connectivity index (χ1v) is 9.35. The lowest BCUT2D eigenvalue weighted by Crippen LogP contribution is -2.51. The zero-order valence-electron chi connectivity index (χ0n) is 15.6. The van der Waals surface area contributed by atoms with Gasteiger partial charge in [0.15, 0.2) is 0 Å². The van der Waals surface area contributed by atoms with Gasteiger partial charge in [-0.05, 0) is 45.8 Å². The number of hydrogen-bond donors (Lipinski definition) is 0. The Bertz CT molecular complexity index is 574. The van der Waals surface area contributed by atoms with Crippen LogP contribution in [0.2, 0.25) is 0 Å². The molecule has 1 aromatic carbocycles. The van der Waals surface area contributed by atoms with E-state index in [2.05, 4.69) is 17.0 Å². The average molecular weight is 346 g/mol. The van der Waals surface area contributed by atoms with Crippen LogP contribution in [0, 0.1) is 5.92 Å². The highest BCUT2D eigenvalue weighted by Crippen LogP contribution is 2.25. The van der Waals surface area contributed by atoms with Crippen molar-refractivity contribution < 1.29 is 14.3 Å². The van der Waals surface area contributed by atoms with E-state index in [0.717, 1.165) is 51.3 Å². The van der Waals surface area contributed by atoms with Gasteiger partial charge in [0.25, 0.3) is 0 Å². The molecule has 1 aromatic rings. The zero-order chi connectivity index (χ0) is 17.8. The molecule has 5 nitrogen and oxygen atoms in total. The normalized spacial score (nSPS) is 25.8. The van der Waals surface area contributed by atoms with Crippen LogP contribution >= 0.6 is 0 Å². The Hall–Kier alpha value is -1.59. The molecule has 0 unspecified atom stereocenters. The van der Waals surface area contributed by atoms with Gasteiger partial charge in [0.1, 0.15) is 5.75 Å². The summed E-state index contributed by atoms with van der Waals surface area (Å²) < 4.78 is 11.2. The van der Waals surface area contributed by atoms with Crippen LogP contribution in [0.1, 0.15) is 32.3 Å². The third kappa shape index (κ3) is 4.53. The van der Waals surface area contributed by atoms with Gasteiger partial charge < -0.3 is 14.4 Å². The maximum absolute atomic E-state index is 12.8. The number of carbonyl (C=O) groups is 1. The fourth-order valence-corrected chi connectivity index (χ4v) is 4.03. The molecule has 0 spiro atoms. The predicted molar refractivity (Wildman–Crippen MR) is 97.6 cm³/mol.